The molecule has 0 aromatic heterocycles. The van der Waals surface area contributed by atoms with Gasteiger partial charge in [-0.25, -0.2) is 8.42 Å². The summed E-state index contributed by atoms with van der Waals surface area (Å²) in [5.74, 6) is 0.724. The maximum Gasteiger partial charge on any atom is 0.416 e. The maximum absolute atomic E-state index is 13.5. The second-order valence-corrected chi connectivity index (χ2v) is 10.3. The first kappa shape index (κ1) is 26.8. The number of nitrogens with one attached hydrogen (secondary N) is 2. The van der Waals surface area contributed by atoms with Crippen molar-refractivity contribution in [2.45, 2.75) is 45.5 Å². The predicted octanol–water partition coefficient (Wildman–Crippen LogP) is 3.60. The van der Waals surface area contributed by atoms with Crippen molar-refractivity contribution in [3.8, 4) is 5.75 Å². The number of ether oxygens (including phenoxy) is 1. The summed E-state index contributed by atoms with van der Waals surface area (Å²) in [6, 6.07) is 3.90. The van der Waals surface area contributed by atoms with Gasteiger partial charge in [0.2, 0.25) is 0 Å². The lowest BCUT2D eigenvalue weighted by Crippen LogP contribution is -2.39. The quantitative estimate of drug-likeness (QED) is 0.325. The summed E-state index contributed by atoms with van der Waals surface area (Å²) < 4.78 is 69.1. The third-order valence-corrected chi connectivity index (χ3v) is 6.20. The summed E-state index contributed by atoms with van der Waals surface area (Å²) in [5, 5.41) is 5.85. The first-order valence-corrected chi connectivity index (χ1v) is 11.2. The van der Waals surface area contributed by atoms with Gasteiger partial charge in [-0.3, -0.25) is 4.99 Å². The number of benzene rings is 1. The monoisotopic (exact) mass is 563 g/mol. The number of aliphatic imine (C=N–C) groups is 1. The Hall–Kier alpha value is -1.24. The Kier molecular flexibility index (Phi) is 9.27. The van der Waals surface area contributed by atoms with E-state index in [-0.39, 0.29) is 59.3 Å². The second kappa shape index (κ2) is 10.4. The summed E-state index contributed by atoms with van der Waals surface area (Å²) in [7, 11) is -1.48. The van der Waals surface area contributed by atoms with Crippen molar-refractivity contribution in [2.24, 2.45) is 10.9 Å². The number of hydrogen-bond donors (Lipinski definition) is 2. The first-order chi connectivity index (χ1) is 13.3. The third kappa shape index (κ3) is 8.48. The van der Waals surface area contributed by atoms with E-state index in [0.29, 0.717) is 18.9 Å². The van der Waals surface area contributed by atoms with E-state index in [4.69, 9.17) is 4.74 Å². The Labute approximate surface area is 193 Å². The fraction of sp³-hybridized carbons (Fsp3) is 0.632. The van der Waals surface area contributed by atoms with Crippen LogP contribution in [0.1, 0.15) is 38.3 Å². The number of hydrogen-bond acceptors (Lipinski definition) is 4. The Morgan fingerprint density at radius 1 is 1.23 bits per heavy atom. The molecule has 1 aromatic carbocycles. The molecule has 1 atom stereocenters. The Balaban J connectivity index is 0.00000450. The molecule has 172 valence electrons. The van der Waals surface area contributed by atoms with Crippen LogP contribution in [-0.4, -0.2) is 45.1 Å². The average molecular weight is 563 g/mol. The van der Waals surface area contributed by atoms with E-state index in [1.807, 2.05) is 0 Å². The van der Waals surface area contributed by atoms with E-state index >= 15 is 0 Å². The van der Waals surface area contributed by atoms with Gasteiger partial charge in [-0.15, -0.1) is 24.0 Å². The van der Waals surface area contributed by atoms with Crippen LogP contribution in [0.5, 0.6) is 5.75 Å². The fourth-order valence-corrected chi connectivity index (χ4v) is 4.93. The lowest BCUT2D eigenvalue weighted by molar-refractivity contribution is -0.138. The van der Waals surface area contributed by atoms with Crippen molar-refractivity contribution in [2.75, 3.05) is 25.1 Å². The molecule has 0 bridgehead atoms. The van der Waals surface area contributed by atoms with Crippen LogP contribution in [0.15, 0.2) is 23.2 Å². The zero-order valence-electron chi connectivity index (χ0n) is 17.5. The topological polar surface area (TPSA) is 79.8 Å². The van der Waals surface area contributed by atoms with Gasteiger partial charge in [0, 0.05) is 20.1 Å². The Morgan fingerprint density at radius 2 is 1.90 bits per heavy atom. The largest absolute Gasteiger partial charge is 0.488 e. The van der Waals surface area contributed by atoms with Crippen LogP contribution in [0.4, 0.5) is 13.2 Å². The predicted molar refractivity (Wildman–Crippen MR) is 122 cm³/mol. The first-order valence-electron chi connectivity index (χ1n) is 9.33. The van der Waals surface area contributed by atoms with Gasteiger partial charge in [0.1, 0.15) is 11.4 Å². The Morgan fingerprint density at radius 3 is 2.40 bits per heavy atom. The minimum Gasteiger partial charge on any atom is -0.488 e. The Bertz CT molecular complexity index is 853. The minimum atomic E-state index is -4.52. The second-order valence-electron chi connectivity index (χ2n) is 8.11. The van der Waals surface area contributed by atoms with Gasteiger partial charge < -0.3 is 15.4 Å². The van der Waals surface area contributed by atoms with E-state index in [1.165, 1.54) is 19.2 Å². The number of alkyl halides is 3. The van der Waals surface area contributed by atoms with Gasteiger partial charge in [-0.1, -0.05) is 6.07 Å². The summed E-state index contributed by atoms with van der Waals surface area (Å²) in [4.78, 5) is 4.00. The van der Waals surface area contributed by atoms with Crippen molar-refractivity contribution in [3.05, 3.63) is 29.3 Å². The zero-order valence-corrected chi connectivity index (χ0v) is 20.6. The molecule has 1 fully saturated rings. The van der Waals surface area contributed by atoms with E-state index in [0.717, 1.165) is 6.07 Å². The molecule has 30 heavy (non-hydrogen) atoms. The molecule has 2 rings (SSSR count). The lowest BCUT2D eigenvalue weighted by Gasteiger charge is -2.23. The molecule has 11 heteroatoms. The average Bonchev–Trinajstić information content (AvgIpc) is 2.92. The van der Waals surface area contributed by atoms with Crippen LogP contribution in [-0.2, 0) is 22.6 Å². The number of sulfone groups is 1. The molecule has 1 aliphatic rings. The van der Waals surface area contributed by atoms with Crippen LogP contribution < -0.4 is 15.4 Å². The van der Waals surface area contributed by atoms with Crippen molar-refractivity contribution in [1.29, 1.82) is 0 Å². The van der Waals surface area contributed by atoms with E-state index in [9.17, 15) is 21.6 Å². The molecule has 0 amide bonds. The van der Waals surface area contributed by atoms with E-state index in [1.54, 1.807) is 20.8 Å². The smallest absolute Gasteiger partial charge is 0.416 e. The lowest BCUT2D eigenvalue weighted by atomic mass is 10.1. The molecule has 1 aromatic rings. The van der Waals surface area contributed by atoms with E-state index < -0.39 is 27.2 Å². The van der Waals surface area contributed by atoms with Crippen LogP contribution in [0.25, 0.3) is 0 Å². The molecular weight excluding hydrogens is 534 g/mol. The molecule has 0 saturated carbocycles. The van der Waals surface area contributed by atoms with Crippen LogP contribution in [0, 0.1) is 5.92 Å². The van der Waals surface area contributed by atoms with Crippen molar-refractivity contribution in [3.63, 3.8) is 0 Å². The molecule has 0 spiro atoms. The molecule has 6 nitrogen and oxygen atoms in total. The molecule has 2 N–H and O–H groups in total. The number of guanidine groups is 1. The van der Waals surface area contributed by atoms with Gasteiger partial charge in [0.05, 0.1) is 17.1 Å². The highest BCUT2D eigenvalue weighted by atomic mass is 127. The van der Waals surface area contributed by atoms with Gasteiger partial charge in [-0.05, 0) is 50.8 Å². The standard InChI is InChI=1S/C19H28F3N3O3S.HI/c1-18(2,3)28-15-6-5-14(16(9-15)19(20,21)22)11-25-17(23-4)24-10-13-7-8-29(26,27)12-13;/h5-6,9,13H,7-8,10-12H2,1-4H3,(H2,23,24,25);1H. The maximum atomic E-state index is 13.5. The molecule has 0 aliphatic carbocycles. The molecule has 1 heterocycles. The summed E-state index contributed by atoms with van der Waals surface area (Å²) in [6.07, 6.45) is -3.96. The van der Waals surface area contributed by atoms with Crippen molar-refractivity contribution < 1.29 is 26.3 Å². The van der Waals surface area contributed by atoms with Crippen LogP contribution >= 0.6 is 24.0 Å². The molecule has 0 radical (unpaired) electrons. The highest BCUT2D eigenvalue weighted by molar-refractivity contribution is 14.0. The van der Waals surface area contributed by atoms with E-state index in [2.05, 4.69) is 15.6 Å². The minimum absolute atomic E-state index is 0. The summed E-state index contributed by atoms with van der Waals surface area (Å²) in [6.45, 7) is 5.60. The number of halogens is 4. The summed E-state index contributed by atoms with van der Waals surface area (Å²) in [5.41, 5.74) is -1.32. The third-order valence-electron chi connectivity index (χ3n) is 4.37. The molecule has 1 saturated heterocycles. The van der Waals surface area contributed by atoms with Crippen molar-refractivity contribution in [1.82, 2.24) is 10.6 Å². The zero-order chi connectivity index (χ0) is 21.9. The molecule has 1 unspecified atom stereocenters. The SMILES string of the molecule is CN=C(NCc1ccc(OC(C)(C)C)cc1C(F)(F)F)NCC1CCS(=O)(=O)C1.I. The highest BCUT2D eigenvalue weighted by Gasteiger charge is 2.34. The van der Waals surface area contributed by atoms with Crippen molar-refractivity contribution >= 4 is 39.8 Å². The highest BCUT2D eigenvalue weighted by Crippen LogP contribution is 2.35. The van der Waals surface area contributed by atoms with Crippen LogP contribution in [0.2, 0.25) is 0 Å². The summed E-state index contributed by atoms with van der Waals surface area (Å²) >= 11 is 0. The molecule has 1 aliphatic heterocycles. The number of nitrogens with zero attached hydrogens (tertiary/aromatic N) is 1. The normalized spacial score (nSPS) is 19.2. The number of rotatable bonds is 5. The fourth-order valence-electron chi connectivity index (χ4n) is 3.06. The van der Waals surface area contributed by atoms with Gasteiger partial charge in [0.15, 0.2) is 15.8 Å². The van der Waals surface area contributed by atoms with Gasteiger partial charge in [-0.2, -0.15) is 13.2 Å². The van der Waals surface area contributed by atoms with Gasteiger partial charge in [0.25, 0.3) is 0 Å². The molecular formula is C19H29F3IN3O3S. The van der Waals surface area contributed by atoms with Crippen LogP contribution in [0.3, 0.4) is 0 Å². The van der Waals surface area contributed by atoms with Gasteiger partial charge >= 0.3 is 6.18 Å².